The van der Waals surface area contributed by atoms with Crippen LogP contribution in [0.25, 0.3) is 0 Å². The van der Waals surface area contributed by atoms with Gasteiger partial charge in [0.25, 0.3) is 5.91 Å². The Bertz CT molecular complexity index is 681. The van der Waals surface area contributed by atoms with Crippen molar-refractivity contribution < 1.29 is 9.18 Å². The monoisotopic (exact) mass is 329 g/mol. The molecule has 0 unspecified atom stereocenters. The third-order valence-corrected chi connectivity index (χ3v) is 4.10. The first-order chi connectivity index (χ1) is 11.7. The average Bonchev–Trinajstić information content (AvgIpc) is 2.64. The zero-order valence-corrected chi connectivity index (χ0v) is 13.6. The molecular weight excluding hydrogens is 309 g/mol. The van der Waals surface area contributed by atoms with E-state index in [0.717, 1.165) is 32.7 Å². The van der Waals surface area contributed by atoms with Gasteiger partial charge in [0.15, 0.2) is 0 Å². The van der Waals surface area contributed by atoms with Crippen LogP contribution in [0.2, 0.25) is 0 Å². The Hall–Kier alpha value is -2.54. The number of nitrogens with one attached hydrogen (secondary N) is 1. The van der Waals surface area contributed by atoms with Crippen LogP contribution in [0.1, 0.15) is 17.3 Å². The second kappa shape index (κ2) is 7.35. The molecule has 1 aromatic carbocycles. The summed E-state index contributed by atoms with van der Waals surface area (Å²) in [4.78, 5) is 25.3. The van der Waals surface area contributed by atoms with Crippen molar-refractivity contribution in [2.45, 2.75) is 6.92 Å². The minimum absolute atomic E-state index is 0.316. The lowest BCUT2D eigenvalue weighted by molar-refractivity contribution is 0.102. The van der Waals surface area contributed by atoms with Crippen LogP contribution in [0, 0.1) is 5.82 Å². The summed E-state index contributed by atoms with van der Waals surface area (Å²) in [6.07, 6.45) is 3.04. The number of hydrogen-bond donors (Lipinski definition) is 1. The summed E-state index contributed by atoms with van der Waals surface area (Å²) in [6.45, 7) is 6.96. The molecular formula is C17H20FN5O. The summed E-state index contributed by atoms with van der Waals surface area (Å²) in [6, 6.07) is 5.61. The van der Waals surface area contributed by atoms with E-state index in [1.165, 1.54) is 36.7 Å². The zero-order valence-electron chi connectivity index (χ0n) is 13.6. The molecule has 7 heteroatoms. The lowest BCUT2D eigenvalue weighted by atomic mass is 10.2. The van der Waals surface area contributed by atoms with Gasteiger partial charge in [0.2, 0.25) is 5.95 Å². The van der Waals surface area contributed by atoms with Crippen molar-refractivity contribution in [3.05, 3.63) is 48.0 Å². The summed E-state index contributed by atoms with van der Waals surface area (Å²) in [5.41, 5.74) is 0.899. The Labute approximate surface area is 140 Å². The number of piperazine rings is 1. The fourth-order valence-corrected chi connectivity index (χ4v) is 2.60. The predicted molar refractivity (Wildman–Crippen MR) is 90.7 cm³/mol. The molecule has 2 aromatic rings. The number of anilines is 2. The predicted octanol–water partition coefficient (Wildman–Crippen LogP) is 2.01. The molecule has 0 spiro atoms. The number of rotatable bonds is 4. The number of likely N-dealkylation sites (N-methyl/N-ethyl adjacent to an activating group) is 1. The first kappa shape index (κ1) is 16.3. The minimum atomic E-state index is -0.344. The molecule has 126 valence electrons. The highest BCUT2D eigenvalue weighted by atomic mass is 19.1. The van der Waals surface area contributed by atoms with Crippen LogP contribution in [0.5, 0.6) is 0 Å². The maximum Gasteiger partial charge on any atom is 0.258 e. The minimum Gasteiger partial charge on any atom is -0.338 e. The van der Waals surface area contributed by atoms with Crippen LogP contribution in [0.3, 0.4) is 0 Å². The van der Waals surface area contributed by atoms with E-state index < -0.39 is 0 Å². The highest BCUT2D eigenvalue weighted by Gasteiger charge is 2.18. The Balaban J connectivity index is 1.61. The zero-order chi connectivity index (χ0) is 16.9. The first-order valence-corrected chi connectivity index (χ1v) is 8.02. The van der Waals surface area contributed by atoms with Gasteiger partial charge in [-0.3, -0.25) is 4.79 Å². The first-order valence-electron chi connectivity index (χ1n) is 8.02. The van der Waals surface area contributed by atoms with Crippen LogP contribution in [-0.4, -0.2) is 53.5 Å². The van der Waals surface area contributed by atoms with Crippen molar-refractivity contribution in [1.82, 2.24) is 14.9 Å². The lowest BCUT2D eigenvalue weighted by Gasteiger charge is -2.33. The number of amides is 1. The molecule has 1 fully saturated rings. The Morgan fingerprint density at radius 1 is 1.12 bits per heavy atom. The fourth-order valence-electron chi connectivity index (χ4n) is 2.60. The molecule has 1 aromatic heterocycles. The molecule has 1 aliphatic heterocycles. The van der Waals surface area contributed by atoms with Crippen LogP contribution >= 0.6 is 0 Å². The third-order valence-electron chi connectivity index (χ3n) is 4.10. The van der Waals surface area contributed by atoms with Crippen LogP contribution < -0.4 is 10.2 Å². The van der Waals surface area contributed by atoms with Gasteiger partial charge in [-0.15, -0.1) is 0 Å². The maximum atomic E-state index is 12.9. The number of nitrogens with zero attached hydrogens (tertiary/aromatic N) is 4. The number of hydrogen-bond acceptors (Lipinski definition) is 5. The van der Waals surface area contributed by atoms with E-state index in [9.17, 15) is 9.18 Å². The van der Waals surface area contributed by atoms with Crippen molar-refractivity contribution in [3.8, 4) is 0 Å². The topological polar surface area (TPSA) is 61.4 Å². The van der Waals surface area contributed by atoms with Crippen molar-refractivity contribution in [2.75, 3.05) is 42.9 Å². The van der Waals surface area contributed by atoms with Crippen molar-refractivity contribution in [3.63, 3.8) is 0 Å². The van der Waals surface area contributed by atoms with E-state index in [1.807, 2.05) is 0 Å². The Morgan fingerprint density at radius 2 is 1.75 bits per heavy atom. The molecule has 1 amide bonds. The van der Waals surface area contributed by atoms with E-state index in [0.29, 0.717) is 17.2 Å². The molecule has 6 nitrogen and oxygen atoms in total. The van der Waals surface area contributed by atoms with Gasteiger partial charge in [0.05, 0.1) is 5.56 Å². The number of aromatic nitrogens is 2. The van der Waals surface area contributed by atoms with Gasteiger partial charge in [-0.25, -0.2) is 14.4 Å². The standard InChI is InChI=1S/C17H20FN5O/c1-2-22-7-9-23(10-8-22)17-19-11-13(12-20-17)16(24)21-15-5-3-14(18)4-6-15/h3-6,11-12H,2,7-10H2,1H3,(H,21,24). The van der Waals surface area contributed by atoms with E-state index in [2.05, 4.69) is 32.0 Å². The summed E-state index contributed by atoms with van der Waals surface area (Å²) in [5, 5.41) is 2.69. The summed E-state index contributed by atoms with van der Waals surface area (Å²) >= 11 is 0. The summed E-state index contributed by atoms with van der Waals surface area (Å²) in [5.74, 6) is -0.0168. The number of halogens is 1. The second-order valence-electron chi connectivity index (χ2n) is 5.65. The molecule has 1 N–H and O–H groups in total. The highest BCUT2D eigenvalue weighted by Crippen LogP contribution is 2.13. The molecule has 2 heterocycles. The van der Waals surface area contributed by atoms with Crippen molar-refractivity contribution in [1.29, 1.82) is 0 Å². The lowest BCUT2D eigenvalue weighted by Crippen LogP contribution is -2.46. The molecule has 0 bridgehead atoms. The van der Waals surface area contributed by atoms with Crippen LogP contribution in [-0.2, 0) is 0 Å². The normalized spacial score (nSPS) is 15.3. The second-order valence-corrected chi connectivity index (χ2v) is 5.65. The third kappa shape index (κ3) is 3.86. The van der Waals surface area contributed by atoms with Gasteiger partial charge < -0.3 is 15.1 Å². The Morgan fingerprint density at radius 3 is 2.33 bits per heavy atom. The number of carbonyl (C=O) groups excluding carboxylic acids is 1. The SMILES string of the molecule is CCN1CCN(c2ncc(C(=O)Nc3ccc(F)cc3)cn2)CC1. The van der Waals surface area contributed by atoms with Crippen molar-refractivity contribution in [2.24, 2.45) is 0 Å². The highest BCUT2D eigenvalue weighted by molar-refractivity contribution is 6.03. The molecule has 3 rings (SSSR count). The molecule has 1 aliphatic rings. The Kier molecular flexibility index (Phi) is 5.00. The van der Waals surface area contributed by atoms with Gasteiger partial charge in [-0.1, -0.05) is 6.92 Å². The van der Waals surface area contributed by atoms with Crippen LogP contribution in [0.15, 0.2) is 36.7 Å². The van der Waals surface area contributed by atoms with Gasteiger partial charge in [-0.05, 0) is 30.8 Å². The molecule has 1 saturated heterocycles. The van der Waals surface area contributed by atoms with Gasteiger partial charge >= 0.3 is 0 Å². The van der Waals surface area contributed by atoms with Gasteiger partial charge in [0.1, 0.15) is 5.82 Å². The van der Waals surface area contributed by atoms with E-state index in [-0.39, 0.29) is 11.7 Å². The van der Waals surface area contributed by atoms with E-state index >= 15 is 0 Å². The van der Waals surface area contributed by atoms with Crippen LogP contribution in [0.4, 0.5) is 16.0 Å². The summed E-state index contributed by atoms with van der Waals surface area (Å²) < 4.78 is 12.9. The molecule has 0 aliphatic carbocycles. The smallest absolute Gasteiger partial charge is 0.258 e. The maximum absolute atomic E-state index is 12.9. The van der Waals surface area contributed by atoms with Crippen molar-refractivity contribution >= 4 is 17.5 Å². The quantitative estimate of drug-likeness (QED) is 0.930. The van der Waals surface area contributed by atoms with Gasteiger partial charge in [0, 0.05) is 44.3 Å². The molecule has 0 saturated carbocycles. The van der Waals surface area contributed by atoms with E-state index in [4.69, 9.17) is 0 Å². The molecule has 0 radical (unpaired) electrons. The molecule has 24 heavy (non-hydrogen) atoms. The van der Waals surface area contributed by atoms with Gasteiger partial charge in [-0.2, -0.15) is 0 Å². The number of benzene rings is 1. The van der Waals surface area contributed by atoms with E-state index in [1.54, 1.807) is 0 Å². The number of carbonyl (C=O) groups is 1. The average molecular weight is 329 g/mol. The summed E-state index contributed by atoms with van der Waals surface area (Å²) in [7, 11) is 0. The molecule has 0 atom stereocenters. The largest absolute Gasteiger partial charge is 0.338 e. The fraction of sp³-hybridized carbons (Fsp3) is 0.353.